The Balaban J connectivity index is 0.000000701. The zero-order chi connectivity index (χ0) is 18.1. The molecule has 8 nitrogen and oxygen atoms in total. The van der Waals surface area contributed by atoms with Gasteiger partial charge in [0.15, 0.2) is 5.82 Å². The Morgan fingerprint density at radius 3 is 2.72 bits per heavy atom. The molecule has 25 heavy (non-hydrogen) atoms. The van der Waals surface area contributed by atoms with Gasteiger partial charge in [-0.05, 0) is 37.6 Å². The Labute approximate surface area is 146 Å². The van der Waals surface area contributed by atoms with E-state index in [1.807, 2.05) is 30.1 Å². The first-order chi connectivity index (χ1) is 12.1. The van der Waals surface area contributed by atoms with Gasteiger partial charge in [-0.25, -0.2) is 0 Å². The van der Waals surface area contributed by atoms with Crippen molar-refractivity contribution in [3.8, 4) is 0 Å². The van der Waals surface area contributed by atoms with Gasteiger partial charge in [-0.15, -0.1) is 0 Å². The van der Waals surface area contributed by atoms with Gasteiger partial charge >= 0.3 is 0 Å². The molecule has 1 fully saturated rings. The van der Waals surface area contributed by atoms with Crippen LogP contribution in [0, 0.1) is 0 Å². The molecule has 0 spiro atoms. The average Bonchev–Trinajstić information content (AvgIpc) is 2.94. The minimum atomic E-state index is -0.250. The fraction of sp³-hybridized carbons (Fsp3) is 0.412. The van der Waals surface area contributed by atoms with Gasteiger partial charge in [0.05, 0.1) is 6.54 Å². The second kappa shape index (κ2) is 9.53. The molecule has 1 saturated carbocycles. The number of rotatable bonds is 6. The molecule has 1 aliphatic carbocycles. The van der Waals surface area contributed by atoms with Gasteiger partial charge in [-0.2, -0.15) is 5.10 Å². The zero-order valence-corrected chi connectivity index (χ0v) is 14.2. The molecule has 0 unspecified atom stereocenters. The molecule has 1 aliphatic rings. The van der Waals surface area contributed by atoms with Crippen LogP contribution in [0.15, 0.2) is 30.6 Å². The van der Waals surface area contributed by atoms with E-state index in [1.54, 1.807) is 12.4 Å². The summed E-state index contributed by atoms with van der Waals surface area (Å²) in [6.45, 7) is 0.789. The summed E-state index contributed by atoms with van der Waals surface area (Å²) in [5, 5.41) is 16.9. The number of amides is 1. The molecule has 0 bridgehead atoms. The summed E-state index contributed by atoms with van der Waals surface area (Å²) in [4.78, 5) is 26.4. The number of H-pyrrole nitrogens is 1. The molecule has 134 valence electrons. The summed E-state index contributed by atoms with van der Waals surface area (Å²) >= 11 is 0. The van der Waals surface area contributed by atoms with Crippen molar-refractivity contribution < 1.29 is 14.7 Å². The summed E-state index contributed by atoms with van der Waals surface area (Å²) in [5.41, 5.74) is 2.27. The second-order valence-corrected chi connectivity index (χ2v) is 6.02. The van der Waals surface area contributed by atoms with E-state index >= 15 is 0 Å². The highest BCUT2D eigenvalue weighted by Crippen LogP contribution is 2.35. The van der Waals surface area contributed by atoms with Crippen LogP contribution in [0.1, 0.15) is 36.4 Å². The first-order valence-corrected chi connectivity index (χ1v) is 8.12. The molecule has 0 aliphatic heterocycles. The van der Waals surface area contributed by atoms with Gasteiger partial charge in [0.25, 0.3) is 6.47 Å². The van der Waals surface area contributed by atoms with Crippen molar-refractivity contribution in [2.24, 2.45) is 0 Å². The molecule has 0 atom stereocenters. The number of likely N-dealkylation sites (N-methyl/N-ethyl adjacent to an activating group) is 1. The third-order valence-electron chi connectivity index (χ3n) is 4.03. The number of nitrogens with zero attached hydrogens (tertiary/aromatic N) is 3. The number of hydrogen-bond donors (Lipinski definition) is 3. The predicted octanol–water partition coefficient (Wildman–Crippen LogP) is 1.84. The quantitative estimate of drug-likeness (QED) is 0.689. The maximum absolute atomic E-state index is 12.1. The average molecular weight is 345 g/mol. The largest absolute Gasteiger partial charge is 0.483 e. The summed E-state index contributed by atoms with van der Waals surface area (Å²) in [6.07, 6.45) is 7.23. The minimum absolute atomic E-state index is 0.0526. The fourth-order valence-electron chi connectivity index (χ4n) is 2.61. The lowest BCUT2D eigenvalue weighted by atomic mass is 9.83. The number of hydrogen-bond acceptors (Lipinski definition) is 5. The Morgan fingerprint density at radius 1 is 1.44 bits per heavy atom. The molecule has 3 N–H and O–H groups in total. The van der Waals surface area contributed by atoms with Crippen LogP contribution in [0.5, 0.6) is 0 Å². The fourth-order valence-corrected chi connectivity index (χ4v) is 2.61. The first kappa shape index (κ1) is 18.6. The first-order valence-electron chi connectivity index (χ1n) is 8.12. The summed E-state index contributed by atoms with van der Waals surface area (Å²) in [6, 6.07) is 5.85. The monoisotopic (exact) mass is 345 g/mol. The number of pyridine rings is 1. The van der Waals surface area contributed by atoms with E-state index in [0.717, 1.165) is 11.3 Å². The van der Waals surface area contributed by atoms with E-state index in [1.165, 1.54) is 19.3 Å². The van der Waals surface area contributed by atoms with Gasteiger partial charge in [-0.3, -0.25) is 24.6 Å². The smallest absolute Gasteiger partial charge is 0.290 e. The lowest BCUT2D eigenvalue weighted by Crippen LogP contribution is -2.29. The molecule has 2 aromatic rings. The summed E-state index contributed by atoms with van der Waals surface area (Å²) in [7, 11) is 1.92. The summed E-state index contributed by atoms with van der Waals surface area (Å²) < 4.78 is 0. The van der Waals surface area contributed by atoms with E-state index in [-0.39, 0.29) is 12.4 Å². The van der Waals surface area contributed by atoms with E-state index in [9.17, 15) is 4.79 Å². The van der Waals surface area contributed by atoms with Crippen LogP contribution in [-0.4, -0.2) is 51.2 Å². The molecule has 0 radical (unpaired) electrons. The highest BCUT2D eigenvalue weighted by atomic mass is 16.3. The Bertz CT molecular complexity index is 670. The van der Waals surface area contributed by atoms with Crippen LogP contribution >= 0.6 is 0 Å². The van der Waals surface area contributed by atoms with Crippen molar-refractivity contribution in [2.75, 3.05) is 18.9 Å². The lowest BCUT2D eigenvalue weighted by molar-refractivity contribution is -0.123. The maximum Gasteiger partial charge on any atom is 0.290 e. The van der Waals surface area contributed by atoms with E-state index in [4.69, 9.17) is 9.90 Å². The highest BCUT2D eigenvalue weighted by Gasteiger charge is 2.21. The minimum Gasteiger partial charge on any atom is -0.483 e. The lowest BCUT2D eigenvalue weighted by Gasteiger charge is -2.23. The SMILES string of the molecule is CN(CC(=O)Nc1cc(C2CCC2)[nH]n1)Cc1ccncc1.O=CO. The molecular weight excluding hydrogens is 322 g/mol. The molecule has 0 aromatic carbocycles. The van der Waals surface area contributed by atoms with Crippen LogP contribution in [0.25, 0.3) is 0 Å². The molecule has 2 aromatic heterocycles. The Kier molecular flexibility index (Phi) is 7.09. The van der Waals surface area contributed by atoms with E-state index in [2.05, 4.69) is 20.5 Å². The number of carboxylic acid groups (broad SMARTS) is 1. The van der Waals surface area contributed by atoms with Crippen molar-refractivity contribution >= 4 is 18.2 Å². The van der Waals surface area contributed by atoms with Gasteiger partial charge in [0.2, 0.25) is 5.91 Å². The van der Waals surface area contributed by atoms with Gasteiger partial charge in [0.1, 0.15) is 0 Å². The number of nitrogens with one attached hydrogen (secondary N) is 2. The molecular formula is C17H23N5O3. The molecule has 3 rings (SSSR count). The van der Waals surface area contributed by atoms with Crippen molar-refractivity contribution in [1.29, 1.82) is 0 Å². The highest BCUT2D eigenvalue weighted by molar-refractivity contribution is 5.91. The van der Waals surface area contributed by atoms with Gasteiger partial charge < -0.3 is 10.4 Å². The van der Waals surface area contributed by atoms with Crippen molar-refractivity contribution in [3.63, 3.8) is 0 Å². The Morgan fingerprint density at radius 2 is 2.12 bits per heavy atom. The van der Waals surface area contributed by atoms with Crippen LogP contribution in [0.4, 0.5) is 5.82 Å². The number of carbonyl (C=O) groups is 2. The normalized spacial score (nSPS) is 13.5. The van der Waals surface area contributed by atoms with Crippen LogP contribution in [-0.2, 0) is 16.1 Å². The van der Waals surface area contributed by atoms with Crippen molar-refractivity contribution in [2.45, 2.75) is 31.7 Å². The summed E-state index contributed by atoms with van der Waals surface area (Å²) in [5.74, 6) is 1.15. The topological polar surface area (TPSA) is 111 Å². The number of carbonyl (C=O) groups excluding carboxylic acids is 1. The van der Waals surface area contributed by atoms with Crippen LogP contribution < -0.4 is 5.32 Å². The van der Waals surface area contributed by atoms with Gasteiger partial charge in [0, 0.05) is 36.6 Å². The molecule has 0 saturated heterocycles. The predicted molar refractivity (Wildman–Crippen MR) is 93.1 cm³/mol. The van der Waals surface area contributed by atoms with E-state index in [0.29, 0.717) is 24.8 Å². The second-order valence-electron chi connectivity index (χ2n) is 6.02. The maximum atomic E-state index is 12.1. The van der Waals surface area contributed by atoms with E-state index < -0.39 is 0 Å². The third kappa shape index (κ3) is 6.00. The van der Waals surface area contributed by atoms with Crippen molar-refractivity contribution in [1.82, 2.24) is 20.1 Å². The molecule has 8 heteroatoms. The number of anilines is 1. The van der Waals surface area contributed by atoms with Crippen LogP contribution in [0.2, 0.25) is 0 Å². The third-order valence-corrected chi connectivity index (χ3v) is 4.03. The standard InChI is InChI=1S/C16H21N5O.CH2O2/c1-21(10-12-5-7-17-8-6-12)11-16(22)18-15-9-14(19-20-15)13-3-2-4-13;2-1-3/h5-9,13H,2-4,10-11H2,1H3,(H2,18,19,20,22);1H,(H,2,3). The number of aromatic amines is 1. The van der Waals surface area contributed by atoms with Gasteiger partial charge in [-0.1, -0.05) is 6.42 Å². The van der Waals surface area contributed by atoms with Crippen LogP contribution in [0.3, 0.4) is 0 Å². The Hall–Kier alpha value is -2.74. The number of aromatic nitrogens is 3. The van der Waals surface area contributed by atoms with Crippen molar-refractivity contribution in [3.05, 3.63) is 41.9 Å². The molecule has 1 amide bonds. The molecule has 2 heterocycles. The zero-order valence-electron chi connectivity index (χ0n) is 14.2.